The normalized spacial score (nSPS) is 12.0. The van der Waals surface area contributed by atoms with Gasteiger partial charge >= 0.3 is 0 Å². The molecule has 0 aliphatic heterocycles. The molecule has 0 aliphatic rings. The van der Waals surface area contributed by atoms with Crippen LogP contribution in [0.5, 0.6) is 0 Å². The molecule has 7 heteroatoms. The van der Waals surface area contributed by atoms with Gasteiger partial charge in [-0.25, -0.2) is 13.1 Å². The summed E-state index contributed by atoms with van der Waals surface area (Å²) < 4.78 is 31.8. The third kappa shape index (κ3) is 3.89. The highest BCUT2D eigenvalue weighted by Gasteiger charge is 2.17. The maximum Gasteiger partial charge on any atom is 0.242 e. The van der Waals surface area contributed by atoms with E-state index in [1.54, 1.807) is 6.07 Å². The standard InChI is InChI=1S/C14H19N3O3S/c1-3-11(4-2)14-8-12(20-17-14)9-16-21(18,19)13-6-5-7-15-10-13/h5-8,10-11,16H,3-4,9H2,1-2H3. The smallest absolute Gasteiger partial charge is 0.242 e. The van der Waals surface area contributed by atoms with Crippen molar-refractivity contribution in [3.8, 4) is 0 Å². The van der Waals surface area contributed by atoms with Crippen LogP contribution in [-0.4, -0.2) is 18.6 Å². The Hall–Kier alpha value is -1.73. The van der Waals surface area contributed by atoms with Crippen LogP contribution in [0.4, 0.5) is 0 Å². The lowest BCUT2D eigenvalue weighted by Gasteiger charge is -2.06. The largest absolute Gasteiger partial charge is 0.360 e. The van der Waals surface area contributed by atoms with Gasteiger partial charge in [-0.1, -0.05) is 19.0 Å². The third-order valence-corrected chi connectivity index (χ3v) is 4.75. The Labute approximate surface area is 124 Å². The quantitative estimate of drug-likeness (QED) is 0.849. The van der Waals surface area contributed by atoms with Crippen molar-refractivity contribution in [2.75, 3.05) is 0 Å². The van der Waals surface area contributed by atoms with E-state index in [1.807, 2.05) is 6.07 Å². The van der Waals surface area contributed by atoms with Crippen molar-refractivity contribution in [1.29, 1.82) is 0 Å². The van der Waals surface area contributed by atoms with E-state index in [1.165, 1.54) is 18.5 Å². The van der Waals surface area contributed by atoms with Gasteiger partial charge in [0, 0.05) is 24.4 Å². The first kappa shape index (κ1) is 15.7. The van der Waals surface area contributed by atoms with Crippen LogP contribution in [0.3, 0.4) is 0 Å². The van der Waals surface area contributed by atoms with E-state index in [-0.39, 0.29) is 11.4 Å². The summed E-state index contributed by atoms with van der Waals surface area (Å²) in [6.07, 6.45) is 4.78. The van der Waals surface area contributed by atoms with Gasteiger partial charge in [-0.15, -0.1) is 0 Å². The van der Waals surface area contributed by atoms with Gasteiger partial charge in [-0.3, -0.25) is 4.98 Å². The molecule has 0 saturated carbocycles. The van der Waals surface area contributed by atoms with Crippen molar-refractivity contribution in [2.24, 2.45) is 0 Å². The summed E-state index contributed by atoms with van der Waals surface area (Å²) in [6.45, 7) is 4.26. The molecular weight excluding hydrogens is 290 g/mol. The zero-order valence-corrected chi connectivity index (χ0v) is 12.9. The Morgan fingerprint density at radius 1 is 1.33 bits per heavy atom. The molecule has 0 radical (unpaired) electrons. The Bertz CT molecular complexity index is 664. The average Bonchev–Trinajstić information content (AvgIpc) is 2.96. The van der Waals surface area contributed by atoms with Crippen LogP contribution >= 0.6 is 0 Å². The van der Waals surface area contributed by atoms with Crippen LogP contribution in [0, 0.1) is 0 Å². The molecule has 0 amide bonds. The van der Waals surface area contributed by atoms with Crippen LogP contribution < -0.4 is 4.72 Å². The van der Waals surface area contributed by atoms with E-state index in [0.717, 1.165) is 18.5 Å². The number of hydrogen-bond acceptors (Lipinski definition) is 5. The van der Waals surface area contributed by atoms with E-state index < -0.39 is 10.0 Å². The van der Waals surface area contributed by atoms with Crippen LogP contribution in [0.1, 0.15) is 44.1 Å². The van der Waals surface area contributed by atoms with Gasteiger partial charge in [0.25, 0.3) is 0 Å². The fourth-order valence-electron chi connectivity index (χ4n) is 2.07. The van der Waals surface area contributed by atoms with Crippen LogP contribution in [0.25, 0.3) is 0 Å². The summed E-state index contributed by atoms with van der Waals surface area (Å²) in [7, 11) is -3.58. The lowest BCUT2D eigenvalue weighted by molar-refractivity contribution is 0.368. The Balaban J connectivity index is 2.04. The van der Waals surface area contributed by atoms with Gasteiger partial charge in [0.2, 0.25) is 10.0 Å². The zero-order chi connectivity index (χ0) is 15.3. The summed E-state index contributed by atoms with van der Waals surface area (Å²) in [5.74, 6) is 0.849. The average molecular weight is 309 g/mol. The Morgan fingerprint density at radius 3 is 2.71 bits per heavy atom. The minimum Gasteiger partial charge on any atom is -0.360 e. The minimum absolute atomic E-state index is 0.0738. The summed E-state index contributed by atoms with van der Waals surface area (Å²) in [5, 5.41) is 4.01. The molecule has 0 fully saturated rings. The highest BCUT2D eigenvalue weighted by atomic mass is 32.2. The van der Waals surface area contributed by atoms with Crippen LogP contribution in [0.2, 0.25) is 0 Å². The van der Waals surface area contributed by atoms with Crippen molar-refractivity contribution >= 4 is 10.0 Å². The molecule has 0 unspecified atom stereocenters. The van der Waals surface area contributed by atoms with Crippen molar-refractivity contribution in [2.45, 2.75) is 44.0 Å². The van der Waals surface area contributed by atoms with Crippen molar-refractivity contribution in [3.05, 3.63) is 42.0 Å². The summed E-state index contributed by atoms with van der Waals surface area (Å²) in [4.78, 5) is 3.93. The van der Waals surface area contributed by atoms with E-state index in [0.29, 0.717) is 11.7 Å². The van der Waals surface area contributed by atoms with Crippen molar-refractivity contribution in [3.63, 3.8) is 0 Å². The minimum atomic E-state index is -3.58. The molecule has 0 saturated heterocycles. The van der Waals surface area contributed by atoms with Gasteiger partial charge in [0.05, 0.1) is 12.2 Å². The van der Waals surface area contributed by atoms with Gasteiger partial charge in [-0.05, 0) is 25.0 Å². The fourth-order valence-corrected chi connectivity index (χ4v) is 3.02. The molecule has 21 heavy (non-hydrogen) atoms. The maximum absolute atomic E-state index is 12.0. The van der Waals surface area contributed by atoms with Gasteiger partial charge in [-0.2, -0.15) is 0 Å². The second-order valence-electron chi connectivity index (χ2n) is 4.74. The molecule has 2 aromatic rings. The van der Waals surface area contributed by atoms with Gasteiger partial charge < -0.3 is 4.52 Å². The molecule has 114 valence electrons. The molecule has 2 heterocycles. The number of aromatic nitrogens is 2. The molecule has 6 nitrogen and oxygen atoms in total. The molecule has 2 rings (SSSR count). The van der Waals surface area contributed by atoms with E-state index >= 15 is 0 Å². The summed E-state index contributed by atoms with van der Waals surface area (Å²) in [6, 6.07) is 4.88. The van der Waals surface area contributed by atoms with E-state index in [4.69, 9.17) is 4.52 Å². The SMILES string of the molecule is CCC(CC)c1cc(CNS(=O)(=O)c2cccnc2)on1. The summed E-state index contributed by atoms with van der Waals surface area (Å²) >= 11 is 0. The number of rotatable bonds is 7. The molecule has 1 N–H and O–H groups in total. The number of nitrogens with one attached hydrogen (secondary N) is 1. The first-order valence-corrected chi connectivity index (χ1v) is 8.40. The highest BCUT2D eigenvalue weighted by Crippen LogP contribution is 2.22. The molecule has 0 atom stereocenters. The van der Waals surface area contributed by atoms with E-state index in [9.17, 15) is 8.42 Å². The lowest BCUT2D eigenvalue weighted by atomic mass is 9.99. The summed E-state index contributed by atoms with van der Waals surface area (Å²) in [5.41, 5.74) is 0.871. The maximum atomic E-state index is 12.0. The number of sulfonamides is 1. The third-order valence-electron chi connectivity index (χ3n) is 3.36. The molecule has 0 bridgehead atoms. The number of hydrogen-bond donors (Lipinski definition) is 1. The first-order valence-electron chi connectivity index (χ1n) is 6.92. The van der Waals surface area contributed by atoms with Gasteiger partial charge in [0.1, 0.15) is 4.90 Å². The number of nitrogens with zero attached hydrogens (tertiary/aromatic N) is 2. The van der Waals surface area contributed by atoms with E-state index in [2.05, 4.69) is 28.7 Å². The fraction of sp³-hybridized carbons (Fsp3) is 0.429. The Morgan fingerprint density at radius 2 is 2.10 bits per heavy atom. The molecule has 0 spiro atoms. The highest BCUT2D eigenvalue weighted by molar-refractivity contribution is 7.89. The number of pyridine rings is 1. The second-order valence-corrected chi connectivity index (χ2v) is 6.51. The molecule has 0 aliphatic carbocycles. The molecule has 2 aromatic heterocycles. The second kappa shape index (κ2) is 6.82. The monoisotopic (exact) mass is 309 g/mol. The topological polar surface area (TPSA) is 85.1 Å². The Kier molecular flexibility index (Phi) is 5.08. The molecule has 0 aromatic carbocycles. The van der Waals surface area contributed by atoms with Gasteiger partial charge in [0.15, 0.2) is 5.76 Å². The first-order chi connectivity index (χ1) is 10.1. The van der Waals surface area contributed by atoms with Crippen molar-refractivity contribution in [1.82, 2.24) is 14.9 Å². The van der Waals surface area contributed by atoms with Crippen molar-refractivity contribution < 1.29 is 12.9 Å². The molecular formula is C14H19N3O3S. The lowest BCUT2D eigenvalue weighted by Crippen LogP contribution is -2.23. The van der Waals surface area contributed by atoms with Crippen LogP contribution in [0.15, 0.2) is 40.0 Å². The predicted molar refractivity (Wildman–Crippen MR) is 78.1 cm³/mol. The zero-order valence-electron chi connectivity index (χ0n) is 12.1. The predicted octanol–water partition coefficient (Wildman–Crippen LogP) is 2.45. The van der Waals surface area contributed by atoms with Crippen LogP contribution in [-0.2, 0) is 16.6 Å².